The molecule has 2 fully saturated rings. The number of aryl methyl sites for hydroxylation is 2. The van der Waals surface area contributed by atoms with Crippen molar-refractivity contribution >= 4 is 22.7 Å². The summed E-state index contributed by atoms with van der Waals surface area (Å²) in [5.74, 6) is 0.186. The zero-order valence-electron chi connectivity index (χ0n) is 14.6. The average Bonchev–Trinajstić information content (AvgIpc) is 2.95. The van der Waals surface area contributed by atoms with E-state index in [4.69, 9.17) is 0 Å². The number of hydrogen-bond acceptors (Lipinski definition) is 3. The lowest BCUT2D eigenvalue weighted by atomic mass is 10.1. The molecule has 6 heteroatoms. The van der Waals surface area contributed by atoms with E-state index in [1.54, 1.807) is 0 Å². The molecule has 0 radical (unpaired) electrons. The molecule has 2 aliphatic rings. The van der Waals surface area contributed by atoms with Crippen molar-refractivity contribution in [3.05, 3.63) is 36.0 Å². The molecule has 2 aliphatic heterocycles. The van der Waals surface area contributed by atoms with Crippen LogP contribution in [0.1, 0.15) is 12.1 Å². The van der Waals surface area contributed by atoms with Crippen molar-refractivity contribution in [2.24, 2.45) is 0 Å². The highest BCUT2D eigenvalue weighted by Gasteiger charge is 2.36. The van der Waals surface area contributed by atoms with Crippen LogP contribution < -0.4 is 5.32 Å². The Bertz CT molecular complexity index is 813. The fourth-order valence-corrected chi connectivity index (χ4v) is 4.01. The van der Waals surface area contributed by atoms with Gasteiger partial charge < -0.3 is 14.8 Å². The van der Waals surface area contributed by atoms with E-state index in [0.29, 0.717) is 32.6 Å². The molecule has 2 aromatic rings. The third-order valence-corrected chi connectivity index (χ3v) is 5.41. The van der Waals surface area contributed by atoms with E-state index in [9.17, 15) is 9.59 Å². The summed E-state index contributed by atoms with van der Waals surface area (Å²) >= 11 is 0. The van der Waals surface area contributed by atoms with Crippen LogP contribution in [-0.2, 0) is 16.1 Å². The molecule has 2 saturated heterocycles. The number of nitrogens with one attached hydrogen (secondary N) is 1. The van der Waals surface area contributed by atoms with Crippen LogP contribution in [0.4, 0.5) is 0 Å². The van der Waals surface area contributed by atoms with Crippen molar-refractivity contribution in [2.75, 3.05) is 32.7 Å². The molecule has 1 N–H and O–H groups in total. The molecule has 132 valence electrons. The van der Waals surface area contributed by atoms with Gasteiger partial charge in [-0.15, -0.1) is 0 Å². The average molecular weight is 340 g/mol. The summed E-state index contributed by atoms with van der Waals surface area (Å²) in [7, 11) is 0. The Morgan fingerprint density at radius 1 is 1.24 bits per heavy atom. The third-order valence-electron chi connectivity index (χ3n) is 5.41. The van der Waals surface area contributed by atoms with E-state index in [1.165, 1.54) is 16.6 Å². The van der Waals surface area contributed by atoms with Gasteiger partial charge >= 0.3 is 0 Å². The van der Waals surface area contributed by atoms with Gasteiger partial charge in [0.15, 0.2) is 0 Å². The van der Waals surface area contributed by atoms with Gasteiger partial charge in [0, 0.05) is 56.9 Å². The first-order valence-electron chi connectivity index (χ1n) is 8.98. The van der Waals surface area contributed by atoms with Crippen molar-refractivity contribution in [1.29, 1.82) is 0 Å². The second kappa shape index (κ2) is 6.52. The molecule has 6 nitrogen and oxygen atoms in total. The van der Waals surface area contributed by atoms with Gasteiger partial charge in [-0.2, -0.15) is 0 Å². The SMILES string of the molecule is Cc1cc2ccccc2n1CCC(=O)N1CCN2CCNC(=O)C2C1. The maximum Gasteiger partial charge on any atom is 0.239 e. The maximum atomic E-state index is 12.7. The topological polar surface area (TPSA) is 57.6 Å². The lowest BCUT2D eigenvalue weighted by Crippen LogP contribution is -2.64. The summed E-state index contributed by atoms with van der Waals surface area (Å²) in [5.41, 5.74) is 2.34. The van der Waals surface area contributed by atoms with Crippen molar-refractivity contribution in [2.45, 2.75) is 25.9 Å². The van der Waals surface area contributed by atoms with Crippen LogP contribution in [0.3, 0.4) is 0 Å². The van der Waals surface area contributed by atoms with E-state index >= 15 is 0 Å². The van der Waals surface area contributed by atoms with Crippen molar-refractivity contribution in [3.63, 3.8) is 0 Å². The van der Waals surface area contributed by atoms with Crippen LogP contribution in [0.25, 0.3) is 10.9 Å². The minimum Gasteiger partial charge on any atom is -0.353 e. The molecule has 0 saturated carbocycles. The van der Waals surface area contributed by atoms with Gasteiger partial charge in [0.1, 0.15) is 6.04 Å². The fourth-order valence-electron chi connectivity index (χ4n) is 4.01. The molecule has 0 bridgehead atoms. The number of para-hydroxylation sites is 1. The molecule has 2 amide bonds. The number of benzene rings is 1. The Kier molecular flexibility index (Phi) is 4.21. The van der Waals surface area contributed by atoms with Gasteiger partial charge in [-0.05, 0) is 24.4 Å². The normalized spacial score (nSPS) is 21.2. The molecule has 1 unspecified atom stereocenters. The number of carbonyl (C=O) groups excluding carboxylic acids is 2. The smallest absolute Gasteiger partial charge is 0.239 e. The van der Waals surface area contributed by atoms with E-state index in [1.807, 2.05) is 17.0 Å². The standard InChI is InChI=1S/C19H24N4O2/c1-14-12-15-4-2-3-5-16(15)23(14)8-6-18(24)22-11-10-21-9-7-20-19(25)17(21)13-22/h2-5,12,17H,6-11,13H2,1H3,(H,20,25). The Balaban J connectivity index is 1.42. The number of carbonyl (C=O) groups is 2. The van der Waals surface area contributed by atoms with Gasteiger partial charge in [-0.1, -0.05) is 18.2 Å². The predicted molar refractivity (Wildman–Crippen MR) is 96.2 cm³/mol. The van der Waals surface area contributed by atoms with Crippen LogP contribution in [0, 0.1) is 6.92 Å². The summed E-state index contributed by atoms with van der Waals surface area (Å²) in [6, 6.07) is 10.2. The molecule has 1 atom stereocenters. The van der Waals surface area contributed by atoms with Gasteiger partial charge in [0.25, 0.3) is 0 Å². The Labute approximate surface area is 147 Å². The van der Waals surface area contributed by atoms with Gasteiger partial charge in [0.2, 0.25) is 11.8 Å². The highest BCUT2D eigenvalue weighted by Crippen LogP contribution is 2.20. The maximum absolute atomic E-state index is 12.7. The van der Waals surface area contributed by atoms with Crippen LogP contribution in [0.5, 0.6) is 0 Å². The second-order valence-electron chi connectivity index (χ2n) is 6.93. The first kappa shape index (κ1) is 16.1. The largest absolute Gasteiger partial charge is 0.353 e. The summed E-state index contributed by atoms with van der Waals surface area (Å²) in [6.45, 7) is 6.36. The first-order chi connectivity index (χ1) is 12.1. The minimum atomic E-state index is -0.180. The predicted octanol–water partition coefficient (Wildman–Crippen LogP) is 0.982. The highest BCUT2D eigenvalue weighted by molar-refractivity contribution is 5.85. The minimum absolute atomic E-state index is 0.0519. The lowest BCUT2D eigenvalue weighted by Gasteiger charge is -2.43. The number of piperazine rings is 2. The van der Waals surface area contributed by atoms with E-state index < -0.39 is 0 Å². The lowest BCUT2D eigenvalue weighted by molar-refractivity contribution is -0.140. The zero-order valence-corrected chi connectivity index (χ0v) is 14.6. The molecule has 0 aliphatic carbocycles. The molecular formula is C19H24N4O2. The summed E-state index contributed by atoms with van der Waals surface area (Å²) in [6.07, 6.45) is 0.466. The molecule has 25 heavy (non-hydrogen) atoms. The monoisotopic (exact) mass is 340 g/mol. The van der Waals surface area contributed by atoms with Crippen molar-refractivity contribution < 1.29 is 9.59 Å². The van der Waals surface area contributed by atoms with E-state index in [0.717, 1.165) is 13.1 Å². The van der Waals surface area contributed by atoms with Gasteiger partial charge in [-0.3, -0.25) is 14.5 Å². The van der Waals surface area contributed by atoms with Crippen molar-refractivity contribution in [1.82, 2.24) is 19.7 Å². The van der Waals surface area contributed by atoms with Crippen LogP contribution in [0.2, 0.25) is 0 Å². The highest BCUT2D eigenvalue weighted by atomic mass is 16.2. The quantitative estimate of drug-likeness (QED) is 0.906. The first-order valence-corrected chi connectivity index (χ1v) is 8.98. The Morgan fingerprint density at radius 2 is 2.08 bits per heavy atom. The van der Waals surface area contributed by atoms with Gasteiger partial charge in [0.05, 0.1) is 0 Å². The molecule has 0 spiro atoms. The number of amides is 2. The van der Waals surface area contributed by atoms with Crippen LogP contribution >= 0.6 is 0 Å². The molecule has 1 aromatic heterocycles. The van der Waals surface area contributed by atoms with Gasteiger partial charge in [-0.25, -0.2) is 0 Å². The Morgan fingerprint density at radius 3 is 2.96 bits per heavy atom. The third kappa shape index (κ3) is 3.02. The van der Waals surface area contributed by atoms with Crippen molar-refractivity contribution in [3.8, 4) is 0 Å². The number of nitrogens with zero attached hydrogens (tertiary/aromatic N) is 3. The number of hydrogen-bond donors (Lipinski definition) is 1. The van der Waals surface area contributed by atoms with E-state index in [-0.39, 0.29) is 17.9 Å². The molecule has 1 aromatic carbocycles. The van der Waals surface area contributed by atoms with Crippen LogP contribution in [-0.4, -0.2) is 64.9 Å². The Hall–Kier alpha value is -2.34. The summed E-state index contributed by atoms with van der Waals surface area (Å²) in [5, 5.41) is 4.11. The molecular weight excluding hydrogens is 316 g/mol. The summed E-state index contributed by atoms with van der Waals surface area (Å²) < 4.78 is 2.21. The molecule has 3 heterocycles. The number of fused-ring (bicyclic) bond motifs is 2. The number of rotatable bonds is 3. The number of aromatic nitrogens is 1. The van der Waals surface area contributed by atoms with Crippen LogP contribution in [0.15, 0.2) is 30.3 Å². The summed E-state index contributed by atoms with van der Waals surface area (Å²) in [4.78, 5) is 28.8. The zero-order chi connectivity index (χ0) is 17.4. The van der Waals surface area contributed by atoms with E-state index in [2.05, 4.69) is 39.9 Å². The molecule has 4 rings (SSSR count). The second-order valence-corrected chi connectivity index (χ2v) is 6.93. The fraction of sp³-hybridized carbons (Fsp3) is 0.474.